The lowest BCUT2D eigenvalue weighted by molar-refractivity contribution is 0.410. The third-order valence-electron chi connectivity index (χ3n) is 2.53. The SMILES string of the molecule is CC1CC(C)n2nc(CCN)nc2N1. The molecule has 78 valence electrons. The number of hydrogen-bond acceptors (Lipinski definition) is 4. The smallest absolute Gasteiger partial charge is 0.221 e. The zero-order chi connectivity index (χ0) is 10.1. The summed E-state index contributed by atoms with van der Waals surface area (Å²) in [6, 6.07) is 0.910. The fourth-order valence-electron chi connectivity index (χ4n) is 1.90. The van der Waals surface area contributed by atoms with Gasteiger partial charge < -0.3 is 11.1 Å². The lowest BCUT2D eigenvalue weighted by atomic mass is 10.1. The number of rotatable bonds is 2. The van der Waals surface area contributed by atoms with Gasteiger partial charge in [-0.15, -0.1) is 0 Å². The largest absolute Gasteiger partial charge is 0.352 e. The second kappa shape index (κ2) is 3.57. The quantitative estimate of drug-likeness (QED) is 0.723. The lowest BCUT2D eigenvalue weighted by Gasteiger charge is -2.26. The van der Waals surface area contributed by atoms with Crippen LogP contribution in [0.25, 0.3) is 0 Å². The molecule has 0 amide bonds. The van der Waals surface area contributed by atoms with E-state index in [9.17, 15) is 0 Å². The third kappa shape index (κ3) is 1.59. The van der Waals surface area contributed by atoms with E-state index in [1.807, 2.05) is 4.68 Å². The molecule has 0 saturated carbocycles. The van der Waals surface area contributed by atoms with Crippen LogP contribution in [0.2, 0.25) is 0 Å². The Hall–Kier alpha value is -1.10. The van der Waals surface area contributed by atoms with Gasteiger partial charge in [-0.05, 0) is 26.8 Å². The van der Waals surface area contributed by atoms with Crippen molar-refractivity contribution in [3.8, 4) is 0 Å². The molecule has 3 N–H and O–H groups in total. The van der Waals surface area contributed by atoms with Crippen molar-refractivity contribution in [3.05, 3.63) is 5.82 Å². The van der Waals surface area contributed by atoms with Crippen LogP contribution in [0.5, 0.6) is 0 Å². The minimum absolute atomic E-state index is 0.431. The van der Waals surface area contributed by atoms with E-state index in [0.717, 1.165) is 24.6 Å². The second-order valence-corrected chi connectivity index (χ2v) is 3.96. The summed E-state index contributed by atoms with van der Waals surface area (Å²) in [7, 11) is 0. The fourth-order valence-corrected chi connectivity index (χ4v) is 1.90. The maximum atomic E-state index is 5.47. The van der Waals surface area contributed by atoms with Gasteiger partial charge in [0.2, 0.25) is 5.95 Å². The summed E-state index contributed by atoms with van der Waals surface area (Å²) < 4.78 is 1.96. The van der Waals surface area contributed by atoms with E-state index in [-0.39, 0.29) is 0 Å². The molecule has 1 aliphatic heterocycles. The van der Waals surface area contributed by atoms with Crippen molar-refractivity contribution in [1.82, 2.24) is 14.8 Å². The molecule has 1 aliphatic rings. The summed E-state index contributed by atoms with van der Waals surface area (Å²) in [5.74, 6) is 1.73. The molecule has 0 aliphatic carbocycles. The van der Waals surface area contributed by atoms with E-state index < -0.39 is 0 Å². The standard InChI is InChI=1S/C9H17N5/c1-6-5-7(2)14-9(11-6)12-8(13-14)3-4-10/h6-7H,3-5,10H2,1-2H3,(H,11,12,13). The molecular formula is C9H17N5. The molecule has 1 aromatic heterocycles. The molecule has 0 radical (unpaired) electrons. The number of nitrogens with one attached hydrogen (secondary N) is 1. The number of anilines is 1. The molecule has 2 atom stereocenters. The number of fused-ring (bicyclic) bond motifs is 1. The minimum atomic E-state index is 0.431. The molecule has 0 fully saturated rings. The Bertz CT molecular complexity index is 319. The van der Waals surface area contributed by atoms with Crippen LogP contribution < -0.4 is 11.1 Å². The number of nitrogens with two attached hydrogens (primary N) is 1. The molecular weight excluding hydrogens is 178 g/mol. The monoisotopic (exact) mass is 195 g/mol. The molecule has 5 heteroatoms. The van der Waals surface area contributed by atoms with Crippen molar-refractivity contribution >= 4 is 5.95 Å². The highest BCUT2D eigenvalue weighted by molar-refractivity contribution is 5.29. The van der Waals surface area contributed by atoms with Crippen molar-refractivity contribution in [3.63, 3.8) is 0 Å². The molecule has 5 nitrogen and oxygen atoms in total. The predicted octanol–water partition coefficient (Wildman–Crippen LogP) is 0.544. The normalized spacial score (nSPS) is 25.6. The molecule has 0 saturated heterocycles. The van der Waals surface area contributed by atoms with Crippen molar-refractivity contribution in [2.75, 3.05) is 11.9 Å². The highest BCUT2D eigenvalue weighted by atomic mass is 15.4. The highest BCUT2D eigenvalue weighted by Crippen LogP contribution is 2.24. The Labute approximate surface area is 83.7 Å². The molecule has 2 rings (SSSR count). The third-order valence-corrected chi connectivity index (χ3v) is 2.53. The molecule has 0 bridgehead atoms. The van der Waals surface area contributed by atoms with Gasteiger partial charge in [-0.2, -0.15) is 10.1 Å². The van der Waals surface area contributed by atoms with Gasteiger partial charge in [0.15, 0.2) is 5.82 Å². The van der Waals surface area contributed by atoms with Crippen LogP contribution in [0, 0.1) is 0 Å². The molecule has 2 unspecified atom stereocenters. The summed E-state index contributed by atoms with van der Waals surface area (Å²) in [6.45, 7) is 4.94. The first-order valence-corrected chi connectivity index (χ1v) is 5.12. The summed E-state index contributed by atoms with van der Waals surface area (Å²) in [6.07, 6.45) is 1.85. The molecule has 1 aromatic rings. The van der Waals surface area contributed by atoms with E-state index in [1.54, 1.807) is 0 Å². The fraction of sp³-hybridized carbons (Fsp3) is 0.778. The summed E-state index contributed by atoms with van der Waals surface area (Å²) in [5, 5.41) is 7.74. The van der Waals surface area contributed by atoms with Gasteiger partial charge in [0.05, 0.1) is 6.04 Å². The van der Waals surface area contributed by atoms with Crippen molar-refractivity contribution in [2.24, 2.45) is 5.73 Å². The van der Waals surface area contributed by atoms with E-state index in [1.165, 1.54) is 0 Å². The number of hydrogen-bond donors (Lipinski definition) is 2. The van der Waals surface area contributed by atoms with Gasteiger partial charge in [0.1, 0.15) is 0 Å². The first-order chi connectivity index (χ1) is 6.70. The Balaban J connectivity index is 2.26. The first-order valence-electron chi connectivity index (χ1n) is 5.12. The Morgan fingerprint density at radius 3 is 3.07 bits per heavy atom. The Morgan fingerprint density at radius 2 is 2.36 bits per heavy atom. The van der Waals surface area contributed by atoms with Crippen LogP contribution in [-0.2, 0) is 6.42 Å². The summed E-state index contributed by atoms with van der Waals surface area (Å²) in [5.41, 5.74) is 5.47. The van der Waals surface area contributed by atoms with E-state index in [2.05, 4.69) is 29.2 Å². The topological polar surface area (TPSA) is 68.8 Å². The highest BCUT2D eigenvalue weighted by Gasteiger charge is 2.23. The molecule has 14 heavy (non-hydrogen) atoms. The van der Waals surface area contributed by atoms with Crippen LogP contribution in [0.4, 0.5) is 5.95 Å². The van der Waals surface area contributed by atoms with Gasteiger partial charge in [-0.25, -0.2) is 4.68 Å². The van der Waals surface area contributed by atoms with Crippen LogP contribution in [0.1, 0.15) is 32.1 Å². The van der Waals surface area contributed by atoms with Gasteiger partial charge in [-0.1, -0.05) is 0 Å². The summed E-state index contributed by atoms with van der Waals surface area (Å²) in [4.78, 5) is 4.40. The van der Waals surface area contributed by atoms with Crippen LogP contribution >= 0.6 is 0 Å². The summed E-state index contributed by atoms with van der Waals surface area (Å²) >= 11 is 0. The maximum Gasteiger partial charge on any atom is 0.221 e. The van der Waals surface area contributed by atoms with Gasteiger partial charge in [0.25, 0.3) is 0 Å². The predicted molar refractivity (Wildman–Crippen MR) is 55.2 cm³/mol. The van der Waals surface area contributed by atoms with Crippen LogP contribution in [0.3, 0.4) is 0 Å². The number of aromatic nitrogens is 3. The second-order valence-electron chi connectivity index (χ2n) is 3.96. The minimum Gasteiger partial charge on any atom is -0.352 e. The Kier molecular flexibility index (Phi) is 2.41. The molecule has 2 heterocycles. The van der Waals surface area contributed by atoms with Crippen LogP contribution in [0.15, 0.2) is 0 Å². The molecule has 0 aromatic carbocycles. The average molecular weight is 195 g/mol. The van der Waals surface area contributed by atoms with Crippen LogP contribution in [-0.4, -0.2) is 27.4 Å². The zero-order valence-corrected chi connectivity index (χ0v) is 8.70. The van der Waals surface area contributed by atoms with E-state index >= 15 is 0 Å². The van der Waals surface area contributed by atoms with Crippen molar-refractivity contribution < 1.29 is 0 Å². The van der Waals surface area contributed by atoms with Crippen molar-refractivity contribution in [1.29, 1.82) is 0 Å². The zero-order valence-electron chi connectivity index (χ0n) is 8.70. The molecule has 0 spiro atoms. The van der Waals surface area contributed by atoms with Gasteiger partial charge in [0, 0.05) is 12.5 Å². The first kappa shape index (κ1) is 9.45. The van der Waals surface area contributed by atoms with Gasteiger partial charge >= 0.3 is 0 Å². The van der Waals surface area contributed by atoms with E-state index in [4.69, 9.17) is 5.73 Å². The maximum absolute atomic E-state index is 5.47. The number of nitrogens with zero attached hydrogens (tertiary/aromatic N) is 3. The van der Waals surface area contributed by atoms with E-state index in [0.29, 0.717) is 18.6 Å². The van der Waals surface area contributed by atoms with Gasteiger partial charge in [-0.3, -0.25) is 0 Å². The lowest BCUT2D eigenvalue weighted by Crippen LogP contribution is -2.29. The Morgan fingerprint density at radius 1 is 1.57 bits per heavy atom. The van der Waals surface area contributed by atoms with Crippen molar-refractivity contribution in [2.45, 2.75) is 38.8 Å². The average Bonchev–Trinajstić information content (AvgIpc) is 2.48.